The normalized spacial score (nSPS) is 26.9. The van der Waals surface area contributed by atoms with Crippen molar-refractivity contribution in [2.75, 3.05) is 74.2 Å². The molecule has 0 N–H and O–H groups in total. The summed E-state index contributed by atoms with van der Waals surface area (Å²) in [4.78, 5) is 34.2. The first-order chi connectivity index (χ1) is 21.4. The molecule has 7 rings (SSSR count). The molecule has 0 unspecified atom stereocenters. The van der Waals surface area contributed by atoms with Crippen LogP contribution in [0.25, 0.3) is 0 Å². The molecule has 4 aliphatic heterocycles. The van der Waals surface area contributed by atoms with E-state index >= 15 is 0 Å². The van der Waals surface area contributed by atoms with Crippen molar-refractivity contribution in [2.45, 2.75) is 62.8 Å². The number of hydrogen-bond donors (Lipinski definition) is 0. The lowest BCUT2D eigenvalue weighted by atomic mass is 9.88. The number of benzene rings is 1. The Morgan fingerprint density at radius 1 is 1.16 bits per heavy atom. The number of morpholine rings is 1. The van der Waals surface area contributed by atoms with Crippen LogP contribution in [0.4, 0.5) is 21.8 Å². The van der Waals surface area contributed by atoms with E-state index < -0.39 is 0 Å². The van der Waals surface area contributed by atoms with Crippen LogP contribution in [-0.2, 0) is 28.8 Å². The molecule has 11 heteroatoms. The van der Waals surface area contributed by atoms with E-state index in [4.69, 9.17) is 14.7 Å². The molecule has 10 nitrogen and oxygen atoms in total. The van der Waals surface area contributed by atoms with E-state index in [9.17, 15) is 14.4 Å². The van der Waals surface area contributed by atoms with Crippen LogP contribution in [-0.4, -0.2) is 109 Å². The van der Waals surface area contributed by atoms with Crippen LogP contribution in [0, 0.1) is 17.1 Å². The lowest BCUT2D eigenvalue weighted by Gasteiger charge is -2.43. The number of anilines is 3. The number of piperazine rings is 1. The van der Waals surface area contributed by atoms with Crippen LogP contribution < -0.4 is 14.7 Å². The molecule has 1 aromatic carbocycles. The van der Waals surface area contributed by atoms with Gasteiger partial charge in [-0.15, -0.1) is 0 Å². The summed E-state index contributed by atoms with van der Waals surface area (Å²) in [6.45, 7) is 9.45. The molecule has 3 saturated heterocycles. The Labute approximate surface area is 258 Å². The van der Waals surface area contributed by atoms with E-state index in [-0.39, 0.29) is 36.3 Å². The van der Waals surface area contributed by atoms with Crippen molar-refractivity contribution in [3.63, 3.8) is 0 Å². The molecule has 44 heavy (non-hydrogen) atoms. The molecule has 0 saturated carbocycles. The molecule has 2 aromatic rings. The molecule has 1 aromatic heterocycles. The summed E-state index contributed by atoms with van der Waals surface area (Å²) in [6.07, 6.45) is 6.26. The topological polar surface area (TPSA) is 92.1 Å². The fraction of sp³-hybridized carbons (Fsp3) is 0.576. The second-order valence-corrected chi connectivity index (χ2v) is 12.8. The Morgan fingerprint density at radius 2 is 2.05 bits per heavy atom. The highest BCUT2D eigenvalue weighted by molar-refractivity contribution is 5.87. The van der Waals surface area contributed by atoms with E-state index in [0.717, 1.165) is 93.6 Å². The number of amides is 1. The number of nitrogens with zero attached hydrogens (tertiary/aromatic N) is 8. The summed E-state index contributed by atoms with van der Waals surface area (Å²) in [5, 5.41) is 9.58. The number of ether oxygens (including phenoxy) is 1. The zero-order chi connectivity index (χ0) is 30.4. The largest absolute Gasteiger partial charge is 0.373 e. The van der Waals surface area contributed by atoms with Crippen LogP contribution in [0.1, 0.15) is 36.1 Å². The van der Waals surface area contributed by atoms with E-state index in [1.54, 1.807) is 17.0 Å². The first-order valence-corrected chi connectivity index (χ1v) is 16.0. The number of hydrogen-bond acceptors (Lipinski definition) is 9. The van der Waals surface area contributed by atoms with Crippen molar-refractivity contribution in [3.8, 4) is 6.07 Å². The minimum absolute atomic E-state index is 0.123. The third kappa shape index (κ3) is 5.28. The number of likely N-dealkylation sites (N-methyl/N-ethyl adjacent to an activating group) is 1. The third-order valence-corrected chi connectivity index (χ3v) is 10.3. The minimum atomic E-state index is -0.235. The second kappa shape index (κ2) is 12.0. The van der Waals surface area contributed by atoms with Gasteiger partial charge in [-0.05, 0) is 56.5 Å². The average molecular weight is 601 g/mol. The first-order valence-electron chi connectivity index (χ1n) is 16.0. The number of carbonyl (C=O) groups excluding carboxylic acids is 1. The van der Waals surface area contributed by atoms with Crippen molar-refractivity contribution in [1.29, 1.82) is 5.26 Å². The number of nitriles is 1. The predicted molar refractivity (Wildman–Crippen MR) is 166 cm³/mol. The van der Waals surface area contributed by atoms with Crippen molar-refractivity contribution >= 4 is 23.4 Å². The van der Waals surface area contributed by atoms with E-state index in [1.165, 1.54) is 11.6 Å². The molecule has 232 valence electrons. The summed E-state index contributed by atoms with van der Waals surface area (Å²) < 4.78 is 20.5. The van der Waals surface area contributed by atoms with Gasteiger partial charge in [0.25, 0.3) is 0 Å². The second-order valence-electron chi connectivity index (χ2n) is 12.8. The van der Waals surface area contributed by atoms with Crippen molar-refractivity contribution < 1.29 is 13.9 Å². The van der Waals surface area contributed by atoms with Gasteiger partial charge in [0.1, 0.15) is 11.6 Å². The average Bonchev–Trinajstić information content (AvgIpc) is 3.49. The van der Waals surface area contributed by atoms with Crippen molar-refractivity contribution in [2.24, 2.45) is 0 Å². The van der Waals surface area contributed by atoms with Crippen LogP contribution in [0.15, 0.2) is 30.9 Å². The zero-order valence-electron chi connectivity index (χ0n) is 25.5. The quantitative estimate of drug-likeness (QED) is 0.481. The maximum absolute atomic E-state index is 14.4. The molecule has 0 radical (unpaired) electrons. The fourth-order valence-corrected chi connectivity index (χ4v) is 7.95. The number of rotatable bonds is 5. The Bertz CT molecular complexity index is 1480. The standard InChI is InChI=1S/C33H41FN8O2/c1-3-31(43)42-14-13-39(19-25(42)10-11-35)32-26-9-8-24(41-12-4-5-22-6-7-23(34)17-28(22)41)18-27(26)36-33(37-32)40-20-29-30(21-40)44-16-15-38(29)2/h3,6-7,17,24-25,29-30H,1,4-5,8-10,12-16,18-21H2,2H3/t24-,25+,29-,30-/m1/s1. The van der Waals surface area contributed by atoms with Crippen LogP contribution in [0.5, 0.6) is 0 Å². The van der Waals surface area contributed by atoms with Gasteiger partial charge < -0.3 is 24.3 Å². The highest BCUT2D eigenvalue weighted by atomic mass is 19.1. The zero-order valence-corrected chi connectivity index (χ0v) is 25.5. The monoisotopic (exact) mass is 600 g/mol. The van der Waals surface area contributed by atoms with Gasteiger partial charge in [-0.1, -0.05) is 12.6 Å². The lowest BCUT2D eigenvalue weighted by Crippen LogP contribution is -2.55. The van der Waals surface area contributed by atoms with E-state index in [1.807, 2.05) is 6.07 Å². The van der Waals surface area contributed by atoms with Gasteiger partial charge in [0.05, 0.1) is 43.0 Å². The Hall–Kier alpha value is -3.75. The van der Waals surface area contributed by atoms with Crippen LogP contribution >= 0.6 is 0 Å². The summed E-state index contributed by atoms with van der Waals surface area (Å²) in [7, 11) is 2.16. The molecule has 3 fully saturated rings. The van der Waals surface area contributed by atoms with Gasteiger partial charge in [0.2, 0.25) is 11.9 Å². The minimum Gasteiger partial charge on any atom is -0.373 e. The number of halogens is 1. The van der Waals surface area contributed by atoms with E-state index in [2.05, 4.69) is 39.3 Å². The van der Waals surface area contributed by atoms with Crippen molar-refractivity contribution in [1.82, 2.24) is 19.8 Å². The molecule has 0 bridgehead atoms. The maximum atomic E-state index is 14.4. The molecule has 0 spiro atoms. The predicted octanol–water partition coefficient (Wildman–Crippen LogP) is 2.56. The summed E-state index contributed by atoms with van der Waals surface area (Å²) in [5.41, 5.74) is 4.44. The molecular formula is C33H41FN8O2. The third-order valence-electron chi connectivity index (χ3n) is 10.3. The summed E-state index contributed by atoms with van der Waals surface area (Å²) >= 11 is 0. The number of aryl methyl sites for hydroxylation is 1. The number of carbonyl (C=O) groups is 1. The van der Waals surface area contributed by atoms with Crippen molar-refractivity contribution in [3.05, 3.63) is 53.5 Å². The fourth-order valence-electron chi connectivity index (χ4n) is 7.95. The van der Waals surface area contributed by atoms with Gasteiger partial charge in [-0.25, -0.2) is 9.37 Å². The van der Waals surface area contributed by atoms with Gasteiger partial charge in [0.15, 0.2) is 0 Å². The van der Waals surface area contributed by atoms with Gasteiger partial charge in [-0.3, -0.25) is 9.69 Å². The SMILES string of the molecule is C=CC(=O)N1CCN(c2nc(N3C[C@@H]4[C@@H](C3)OCCN4C)nc3c2CC[C@@H](N2CCCc4ccc(F)cc42)C3)C[C@@H]1CC#N. The molecule has 5 heterocycles. The number of fused-ring (bicyclic) bond motifs is 3. The molecule has 5 aliphatic rings. The van der Waals surface area contributed by atoms with Crippen LogP contribution in [0.2, 0.25) is 0 Å². The molecule has 4 atom stereocenters. The van der Waals surface area contributed by atoms with Crippen LogP contribution in [0.3, 0.4) is 0 Å². The van der Waals surface area contributed by atoms with E-state index in [0.29, 0.717) is 25.7 Å². The maximum Gasteiger partial charge on any atom is 0.246 e. The van der Waals surface area contributed by atoms with Gasteiger partial charge in [-0.2, -0.15) is 10.2 Å². The highest BCUT2D eigenvalue weighted by Gasteiger charge is 2.41. The molecule has 1 amide bonds. The lowest BCUT2D eigenvalue weighted by molar-refractivity contribution is -0.128. The smallest absolute Gasteiger partial charge is 0.246 e. The summed E-state index contributed by atoms with van der Waals surface area (Å²) in [6, 6.07) is 7.77. The highest BCUT2D eigenvalue weighted by Crippen LogP contribution is 2.38. The van der Waals surface area contributed by atoms with Gasteiger partial charge >= 0.3 is 0 Å². The Morgan fingerprint density at radius 3 is 2.86 bits per heavy atom. The first kappa shape index (κ1) is 29.0. The summed E-state index contributed by atoms with van der Waals surface area (Å²) in [5.74, 6) is 1.31. The molecular weight excluding hydrogens is 559 g/mol. The Kier molecular flexibility index (Phi) is 7.89. The Balaban J connectivity index is 1.23. The number of aromatic nitrogens is 2. The van der Waals surface area contributed by atoms with Gasteiger partial charge in [0, 0.05) is 69.5 Å². The molecule has 1 aliphatic carbocycles.